The van der Waals surface area contributed by atoms with Crippen molar-refractivity contribution in [1.29, 1.82) is 0 Å². The van der Waals surface area contributed by atoms with Gasteiger partial charge in [0.05, 0.1) is 7.11 Å². The predicted molar refractivity (Wildman–Crippen MR) is 69.5 cm³/mol. The van der Waals surface area contributed by atoms with Crippen LogP contribution in [0.2, 0.25) is 0 Å². The summed E-state index contributed by atoms with van der Waals surface area (Å²) in [5.74, 6) is -0.493. The van der Waals surface area contributed by atoms with E-state index in [9.17, 15) is 4.79 Å². The number of fused-ring (bicyclic) bond motifs is 1. The molecule has 0 fully saturated rings. The molecule has 94 valence electrons. The Morgan fingerprint density at radius 1 is 1.44 bits per heavy atom. The summed E-state index contributed by atoms with van der Waals surface area (Å²) in [6.07, 6.45) is 0. The second-order valence-electron chi connectivity index (χ2n) is 3.92. The van der Waals surface area contributed by atoms with E-state index in [0.29, 0.717) is 11.3 Å². The number of aromatic carboxylic acids is 1. The number of hydrogen-bond donors (Lipinski definition) is 2. The van der Waals surface area contributed by atoms with Gasteiger partial charge in [-0.2, -0.15) is 0 Å². The fraction of sp³-hybridized carbons (Fsp3) is 0.231. The number of methoxy groups -OCH3 is 1. The first-order valence-corrected chi connectivity index (χ1v) is 5.48. The SMILES string of the molecule is CNc1cc(C(=O)O)nc2c(OC)ccc(C)c12. The number of hydrogen-bond acceptors (Lipinski definition) is 4. The fourth-order valence-corrected chi connectivity index (χ4v) is 1.96. The molecule has 5 nitrogen and oxygen atoms in total. The lowest BCUT2D eigenvalue weighted by molar-refractivity contribution is 0.0691. The van der Waals surface area contributed by atoms with E-state index in [1.807, 2.05) is 13.0 Å². The molecule has 18 heavy (non-hydrogen) atoms. The van der Waals surface area contributed by atoms with Crippen LogP contribution < -0.4 is 10.1 Å². The molecule has 1 heterocycles. The van der Waals surface area contributed by atoms with E-state index in [1.54, 1.807) is 13.1 Å². The van der Waals surface area contributed by atoms with Crippen LogP contribution in [-0.2, 0) is 0 Å². The minimum atomic E-state index is -1.06. The maximum Gasteiger partial charge on any atom is 0.354 e. The lowest BCUT2D eigenvalue weighted by atomic mass is 10.1. The standard InChI is InChI=1S/C13H14N2O3/c1-7-4-5-10(18-3)12-11(7)8(14-2)6-9(15-12)13(16)17/h4-6H,1-3H3,(H,14,15)(H,16,17). The molecular weight excluding hydrogens is 232 g/mol. The lowest BCUT2D eigenvalue weighted by Gasteiger charge is -2.12. The highest BCUT2D eigenvalue weighted by atomic mass is 16.5. The first kappa shape index (κ1) is 12.2. The Kier molecular flexibility index (Phi) is 3.06. The van der Waals surface area contributed by atoms with Crippen molar-refractivity contribution in [3.05, 3.63) is 29.5 Å². The number of benzene rings is 1. The van der Waals surface area contributed by atoms with E-state index in [4.69, 9.17) is 9.84 Å². The first-order valence-electron chi connectivity index (χ1n) is 5.48. The minimum Gasteiger partial charge on any atom is -0.494 e. The number of ether oxygens (including phenoxy) is 1. The predicted octanol–water partition coefficient (Wildman–Crippen LogP) is 2.29. The highest BCUT2D eigenvalue weighted by Gasteiger charge is 2.14. The molecule has 0 radical (unpaired) electrons. The van der Waals surface area contributed by atoms with E-state index in [2.05, 4.69) is 10.3 Å². The summed E-state index contributed by atoms with van der Waals surface area (Å²) in [6, 6.07) is 5.23. The van der Waals surface area contributed by atoms with Crippen molar-refractivity contribution in [1.82, 2.24) is 4.98 Å². The van der Waals surface area contributed by atoms with Crippen molar-refractivity contribution in [2.24, 2.45) is 0 Å². The molecule has 0 atom stereocenters. The van der Waals surface area contributed by atoms with Gasteiger partial charge in [-0.1, -0.05) is 6.07 Å². The zero-order valence-corrected chi connectivity index (χ0v) is 10.4. The summed E-state index contributed by atoms with van der Waals surface area (Å²) in [5, 5.41) is 12.9. The molecule has 2 N–H and O–H groups in total. The van der Waals surface area contributed by atoms with Crippen LogP contribution in [0.5, 0.6) is 5.75 Å². The molecule has 0 saturated carbocycles. The van der Waals surface area contributed by atoms with E-state index >= 15 is 0 Å². The van der Waals surface area contributed by atoms with E-state index in [1.165, 1.54) is 13.2 Å². The number of carboxylic acid groups (broad SMARTS) is 1. The number of nitrogens with zero attached hydrogens (tertiary/aromatic N) is 1. The highest BCUT2D eigenvalue weighted by molar-refractivity contribution is 6.01. The molecule has 0 aliphatic heterocycles. The minimum absolute atomic E-state index is 0.00394. The Balaban J connectivity index is 2.90. The van der Waals surface area contributed by atoms with Gasteiger partial charge in [-0.15, -0.1) is 0 Å². The summed E-state index contributed by atoms with van der Waals surface area (Å²) in [7, 11) is 3.29. The fourth-order valence-electron chi connectivity index (χ4n) is 1.96. The molecule has 0 bridgehead atoms. The zero-order chi connectivity index (χ0) is 13.3. The Hall–Kier alpha value is -2.30. The number of nitrogens with one attached hydrogen (secondary N) is 1. The monoisotopic (exact) mass is 246 g/mol. The lowest BCUT2D eigenvalue weighted by Crippen LogP contribution is -2.04. The topological polar surface area (TPSA) is 71.5 Å². The number of aryl methyl sites for hydroxylation is 1. The van der Waals surface area contributed by atoms with Crippen LogP contribution in [0.4, 0.5) is 5.69 Å². The van der Waals surface area contributed by atoms with Crippen LogP contribution in [0.1, 0.15) is 16.1 Å². The molecule has 0 amide bonds. The first-order chi connectivity index (χ1) is 8.58. The third-order valence-corrected chi connectivity index (χ3v) is 2.84. The van der Waals surface area contributed by atoms with Crippen molar-refractivity contribution in [2.45, 2.75) is 6.92 Å². The summed E-state index contributed by atoms with van der Waals surface area (Å²) >= 11 is 0. The van der Waals surface area contributed by atoms with Crippen molar-refractivity contribution < 1.29 is 14.6 Å². The summed E-state index contributed by atoms with van der Waals surface area (Å²) in [5.41, 5.74) is 2.30. The molecule has 1 aromatic heterocycles. The molecule has 2 rings (SSSR count). The van der Waals surface area contributed by atoms with Crippen LogP contribution in [0, 0.1) is 6.92 Å². The third kappa shape index (κ3) is 1.84. The molecular formula is C13H14N2O3. The van der Waals surface area contributed by atoms with Gasteiger partial charge in [0.25, 0.3) is 0 Å². The molecule has 1 aromatic carbocycles. The quantitative estimate of drug-likeness (QED) is 0.869. The average Bonchev–Trinajstić information content (AvgIpc) is 2.37. The highest BCUT2D eigenvalue weighted by Crippen LogP contribution is 2.32. The van der Waals surface area contributed by atoms with Crippen LogP contribution in [0.25, 0.3) is 10.9 Å². The van der Waals surface area contributed by atoms with Crippen molar-refractivity contribution in [3.63, 3.8) is 0 Å². The van der Waals surface area contributed by atoms with E-state index in [0.717, 1.165) is 16.6 Å². The number of rotatable bonds is 3. The molecule has 0 aliphatic carbocycles. The Labute approximate surface area is 104 Å². The zero-order valence-electron chi connectivity index (χ0n) is 10.4. The van der Waals surface area contributed by atoms with E-state index in [-0.39, 0.29) is 5.69 Å². The van der Waals surface area contributed by atoms with Gasteiger partial charge in [0.1, 0.15) is 11.3 Å². The van der Waals surface area contributed by atoms with Gasteiger partial charge < -0.3 is 15.2 Å². The third-order valence-electron chi connectivity index (χ3n) is 2.84. The number of pyridine rings is 1. The van der Waals surface area contributed by atoms with Crippen LogP contribution in [0.15, 0.2) is 18.2 Å². The summed E-state index contributed by atoms with van der Waals surface area (Å²) < 4.78 is 5.23. The van der Waals surface area contributed by atoms with Gasteiger partial charge in [0.15, 0.2) is 5.69 Å². The Morgan fingerprint density at radius 3 is 2.72 bits per heavy atom. The normalized spacial score (nSPS) is 10.4. The Bertz CT molecular complexity index is 623. The van der Waals surface area contributed by atoms with Crippen LogP contribution >= 0.6 is 0 Å². The number of carboxylic acids is 1. The number of aromatic nitrogens is 1. The smallest absolute Gasteiger partial charge is 0.354 e. The number of anilines is 1. The largest absolute Gasteiger partial charge is 0.494 e. The summed E-state index contributed by atoms with van der Waals surface area (Å²) in [6.45, 7) is 1.95. The molecule has 2 aromatic rings. The van der Waals surface area contributed by atoms with Crippen LogP contribution in [-0.4, -0.2) is 30.2 Å². The van der Waals surface area contributed by atoms with E-state index < -0.39 is 5.97 Å². The second-order valence-corrected chi connectivity index (χ2v) is 3.92. The Morgan fingerprint density at radius 2 is 2.17 bits per heavy atom. The molecule has 0 saturated heterocycles. The van der Waals surface area contributed by atoms with Gasteiger partial charge in [0.2, 0.25) is 0 Å². The van der Waals surface area contributed by atoms with Gasteiger partial charge in [-0.05, 0) is 24.6 Å². The van der Waals surface area contributed by atoms with Gasteiger partial charge in [-0.25, -0.2) is 9.78 Å². The van der Waals surface area contributed by atoms with Crippen molar-refractivity contribution in [3.8, 4) is 5.75 Å². The summed E-state index contributed by atoms with van der Waals surface area (Å²) in [4.78, 5) is 15.2. The maximum atomic E-state index is 11.1. The van der Waals surface area contributed by atoms with Gasteiger partial charge >= 0.3 is 5.97 Å². The molecule has 5 heteroatoms. The molecule has 0 spiro atoms. The molecule has 0 aliphatic rings. The van der Waals surface area contributed by atoms with Gasteiger partial charge in [0, 0.05) is 18.1 Å². The average molecular weight is 246 g/mol. The molecule has 0 unspecified atom stereocenters. The van der Waals surface area contributed by atoms with Crippen molar-refractivity contribution >= 4 is 22.6 Å². The number of carbonyl (C=O) groups is 1. The van der Waals surface area contributed by atoms with Gasteiger partial charge in [-0.3, -0.25) is 0 Å². The maximum absolute atomic E-state index is 11.1. The van der Waals surface area contributed by atoms with Crippen LogP contribution in [0.3, 0.4) is 0 Å². The van der Waals surface area contributed by atoms with Crippen molar-refractivity contribution in [2.75, 3.05) is 19.5 Å². The second kappa shape index (κ2) is 4.52.